The summed E-state index contributed by atoms with van der Waals surface area (Å²) < 4.78 is 38.4. The van der Waals surface area contributed by atoms with Crippen molar-refractivity contribution in [3.8, 4) is 0 Å². The minimum atomic E-state index is -4.83. The maximum atomic E-state index is 12.4. The molecule has 0 unspecified atom stereocenters. The van der Waals surface area contributed by atoms with E-state index in [1.165, 1.54) is 13.8 Å². The van der Waals surface area contributed by atoms with Gasteiger partial charge in [0.25, 0.3) is 0 Å². The van der Waals surface area contributed by atoms with Crippen LogP contribution >= 0.6 is 23.2 Å². The van der Waals surface area contributed by atoms with Crippen molar-refractivity contribution < 1.29 is 27.5 Å². The summed E-state index contributed by atoms with van der Waals surface area (Å²) in [6, 6.07) is 0. The van der Waals surface area contributed by atoms with E-state index < -0.39 is 27.9 Å². The van der Waals surface area contributed by atoms with Crippen molar-refractivity contribution in [2.24, 2.45) is 5.41 Å². The van der Waals surface area contributed by atoms with E-state index in [9.17, 15) is 22.8 Å². The molecule has 0 heterocycles. The van der Waals surface area contributed by atoms with Crippen molar-refractivity contribution in [3.05, 3.63) is 12.2 Å². The lowest BCUT2D eigenvalue weighted by molar-refractivity contribution is -0.159. The predicted octanol–water partition coefficient (Wildman–Crippen LogP) is 3.78. The molecule has 0 saturated heterocycles. The number of hydrogen-bond donors (Lipinski definition) is 0. The van der Waals surface area contributed by atoms with Crippen molar-refractivity contribution in [1.29, 1.82) is 0 Å². The molecular formula is C11H13Cl2F3O3. The van der Waals surface area contributed by atoms with Crippen LogP contribution in [0.1, 0.15) is 27.2 Å². The third kappa shape index (κ3) is 6.82. The quantitative estimate of drug-likeness (QED) is 0.342. The smallest absolute Gasteiger partial charge is 0.393 e. The summed E-state index contributed by atoms with van der Waals surface area (Å²) in [7, 11) is 0. The van der Waals surface area contributed by atoms with Gasteiger partial charge in [0.2, 0.25) is 4.33 Å². The van der Waals surface area contributed by atoms with Gasteiger partial charge in [-0.1, -0.05) is 43.1 Å². The van der Waals surface area contributed by atoms with Gasteiger partial charge in [0.1, 0.15) is 0 Å². The molecule has 3 nitrogen and oxygen atoms in total. The molecule has 0 aliphatic carbocycles. The molecule has 0 aromatic heterocycles. The van der Waals surface area contributed by atoms with Gasteiger partial charge in [0.05, 0.1) is 6.42 Å². The van der Waals surface area contributed by atoms with E-state index in [0.29, 0.717) is 6.08 Å². The number of alkyl halides is 5. The second-order valence-corrected chi connectivity index (χ2v) is 5.97. The molecule has 0 radical (unpaired) electrons. The molecule has 0 bridgehead atoms. The summed E-state index contributed by atoms with van der Waals surface area (Å²) >= 11 is 10.2. The van der Waals surface area contributed by atoms with E-state index in [1.54, 1.807) is 0 Å². The first-order chi connectivity index (χ1) is 8.27. The van der Waals surface area contributed by atoms with Crippen molar-refractivity contribution in [1.82, 2.24) is 0 Å². The van der Waals surface area contributed by atoms with Gasteiger partial charge in [0.15, 0.2) is 0 Å². The van der Waals surface area contributed by atoms with E-state index in [-0.39, 0.29) is 6.42 Å². The predicted molar refractivity (Wildman–Crippen MR) is 64.8 cm³/mol. The second-order valence-electron chi connectivity index (χ2n) is 4.59. The molecule has 0 atom stereocenters. The second kappa shape index (κ2) is 6.13. The van der Waals surface area contributed by atoms with Crippen LogP contribution < -0.4 is 0 Å². The molecule has 0 aliphatic heterocycles. The fourth-order valence-corrected chi connectivity index (χ4v) is 1.18. The minimum absolute atomic E-state index is 0.287. The van der Waals surface area contributed by atoms with Crippen LogP contribution in [-0.4, -0.2) is 22.4 Å². The van der Waals surface area contributed by atoms with Crippen molar-refractivity contribution in [3.63, 3.8) is 0 Å². The Morgan fingerprint density at radius 1 is 1.16 bits per heavy atom. The summed E-state index contributed by atoms with van der Waals surface area (Å²) in [5.74, 6) is -1.63. The molecule has 0 spiro atoms. The lowest BCUT2D eigenvalue weighted by atomic mass is 9.88. The van der Waals surface area contributed by atoms with Crippen LogP contribution in [-0.2, 0) is 14.3 Å². The molecule has 110 valence electrons. The van der Waals surface area contributed by atoms with Gasteiger partial charge in [0, 0.05) is 6.92 Å². The molecule has 0 aliphatic rings. The maximum absolute atomic E-state index is 12.4. The Morgan fingerprint density at radius 2 is 1.63 bits per heavy atom. The Morgan fingerprint density at radius 3 is 2.00 bits per heavy atom. The van der Waals surface area contributed by atoms with E-state index >= 15 is 0 Å². The van der Waals surface area contributed by atoms with Gasteiger partial charge >= 0.3 is 18.1 Å². The molecule has 8 heteroatoms. The van der Waals surface area contributed by atoms with Gasteiger partial charge in [-0.05, 0) is 11.5 Å². The highest BCUT2D eigenvalue weighted by Gasteiger charge is 2.50. The Labute approximate surface area is 118 Å². The SMILES string of the molecule is CC(=O)OC(=O)CC(C)(C)C=CC(Cl)(Cl)C(F)(F)F. The number of ether oxygens (including phenoxy) is 1. The standard InChI is InChI=1S/C11H13Cl2F3O3/c1-7(17)19-8(18)6-9(2,3)4-5-10(12,13)11(14,15)16/h4-5H,6H2,1-3H3. The number of carbonyl (C=O) groups excluding carboxylic acids is 2. The zero-order chi connectivity index (χ0) is 15.5. The lowest BCUT2D eigenvalue weighted by Gasteiger charge is -2.23. The van der Waals surface area contributed by atoms with Crippen molar-refractivity contribution in [2.75, 3.05) is 0 Å². The Kier molecular flexibility index (Phi) is 5.89. The van der Waals surface area contributed by atoms with Crippen LogP contribution in [0.3, 0.4) is 0 Å². The number of esters is 2. The summed E-state index contributed by atoms with van der Waals surface area (Å²) in [6.07, 6.45) is -3.51. The fourth-order valence-electron chi connectivity index (χ4n) is 1.05. The largest absolute Gasteiger partial charge is 0.425 e. The van der Waals surface area contributed by atoms with Gasteiger partial charge in [-0.3, -0.25) is 9.59 Å². The highest BCUT2D eigenvalue weighted by molar-refractivity contribution is 6.50. The van der Waals surface area contributed by atoms with Crippen LogP contribution in [0.2, 0.25) is 0 Å². The van der Waals surface area contributed by atoms with E-state index in [1.807, 2.05) is 0 Å². The monoisotopic (exact) mass is 320 g/mol. The average Bonchev–Trinajstić information content (AvgIpc) is 2.10. The summed E-state index contributed by atoms with van der Waals surface area (Å²) in [5.41, 5.74) is -0.993. The van der Waals surface area contributed by atoms with Crippen LogP contribution in [0.5, 0.6) is 0 Å². The summed E-state index contributed by atoms with van der Waals surface area (Å²) in [4.78, 5) is 21.8. The van der Waals surface area contributed by atoms with Crippen LogP contribution in [0, 0.1) is 5.41 Å². The number of carbonyl (C=O) groups is 2. The zero-order valence-electron chi connectivity index (χ0n) is 10.5. The van der Waals surface area contributed by atoms with E-state index in [0.717, 1.165) is 13.0 Å². The Hall–Kier alpha value is -0.750. The first-order valence-corrected chi connectivity index (χ1v) is 5.89. The molecule has 0 aromatic rings. The molecule has 0 saturated carbocycles. The van der Waals surface area contributed by atoms with E-state index in [4.69, 9.17) is 23.2 Å². The van der Waals surface area contributed by atoms with Gasteiger partial charge in [-0.2, -0.15) is 13.2 Å². The van der Waals surface area contributed by atoms with Crippen molar-refractivity contribution >= 4 is 35.1 Å². The summed E-state index contributed by atoms with van der Waals surface area (Å²) in [5, 5.41) is 0. The zero-order valence-corrected chi connectivity index (χ0v) is 12.0. The Bertz CT molecular complexity index is 387. The summed E-state index contributed by atoms with van der Waals surface area (Å²) in [6.45, 7) is 4.00. The van der Waals surface area contributed by atoms with Gasteiger partial charge in [-0.25, -0.2) is 0 Å². The molecular weight excluding hydrogens is 308 g/mol. The van der Waals surface area contributed by atoms with Crippen LogP contribution in [0.4, 0.5) is 13.2 Å². The molecule has 19 heavy (non-hydrogen) atoms. The maximum Gasteiger partial charge on any atom is 0.425 e. The molecule has 0 N–H and O–H groups in total. The first-order valence-electron chi connectivity index (χ1n) is 5.13. The third-order valence-corrected chi connectivity index (χ3v) is 2.66. The van der Waals surface area contributed by atoms with Gasteiger partial charge < -0.3 is 4.74 Å². The molecule has 0 fully saturated rings. The topological polar surface area (TPSA) is 43.4 Å². The molecule has 0 aromatic carbocycles. The lowest BCUT2D eigenvalue weighted by Crippen LogP contribution is -2.32. The van der Waals surface area contributed by atoms with Crippen LogP contribution in [0.15, 0.2) is 12.2 Å². The average molecular weight is 321 g/mol. The number of hydrogen-bond acceptors (Lipinski definition) is 3. The third-order valence-electron chi connectivity index (χ3n) is 1.98. The molecule has 0 rings (SSSR count). The van der Waals surface area contributed by atoms with Crippen LogP contribution in [0.25, 0.3) is 0 Å². The van der Waals surface area contributed by atoms with Gasteiger partial charge in [-0.15, -0.1) is 0 Å². The van der Waals surface area contributed by atoms with Crippen molar-refractivity contribution in [2.45, 2.75) is 37.7 Å². The first kappa shape index (κ1) is 18.2. The fraction of sp³-hybridized carbons (Fsp3) is 0.636. The molecule has 0 amide bonds. The minimum Gasteiger partial charge on any atom is -0.393 e. The number of halogens is 5. The highest BCUT2D eigenvalue weighted by atomic mass is 35.5. The Balaban J connectivity index is 4.78. The van der Waals surface area contributed by atoms with E-state index in [2.05, 4.69) is 4.74 Å². The number of allylic oxidation sites excluding steroid dienone is 2. The highest BCUT2D eigenvalue weighted by Crippen LogP contribution is 2.42. The normalized spacial score (nSPS) is 13.7. The number of rotatable bonds is 4.